The van der Waals surface area contributed by atoms with Crippen LogP contribution < -0.4 is 35.0 Å². The first-order valence-corrected chi connectivity index (χ1v) is 14.3. The molecule has 1 aliphatic rings. The molecule has 0 aromatic heterocycles. The molecule has 0 saturated heterocycles. The second-order valence-electron chi connectivity index (χ2n) is 10.1. The fourth-order valence-corrected chi connectivity index (χ4v) is 4.67. The largest absolute Gasteiger partial charge is 0.493 e. The smallest absolute Gasteiger partial charge is 0.337 e. The van der Waals surface area contributed by atoms with E-state index in [1.807, 2.05) is 38.1 Å². The maximum atomic E-state index is 12.4. The van der Waals surface area contributed by atoms with Gasteiger partial charge in [-0.2, -0.15) is 5.10 Å². The Bertz CT molecular complexity index is 1570. The minimum atomic E-state index is -1.14. The van der Waals surface area contributed by atoms with E-state index in [1.165, 1.54) is 13.3 Å². The Kier molecular flexibility index (Phi) is 11.2. The number of rotatable bonds is 14. The number of urea groups is 1. The average molecular weight is 619 g/mol. The number of esters is 1. The van der Waals surface area contributed by atoms with Crippen molar-refractivity contribution in [2.75, 3.05) is 27.4 Å². The van der Waals surface area contributed by atoms with Gasteiger partial charge >= 0.3 is 12.0 Å². The zero-order chi connectivity index (χ0) is 32.3. The number of carbonyl (C=O) groups is 2. The number of aliphatic hydroxyl groups is 1. The molecule has 0 spiro atoms. The number of hydrogen-bond donors (Lipinski definition) is 4. The van der Waals surface area contributed by atoms with Gasteiger partial charge in [-0.05, 0) is 67.8 Å². The molecule has 3 aromatic carbocycles. The molecule has 238 valence electrons. The van der Waals surface area contributed by atoms with E-state index in [4.69, 9.17) is 23.7 Å². The summed E-state index contributed by atoms with van der Waals surface area (Å²) in [7, 11) is 2.84. The summed E-state index contributed by atoms with van der Waals surface area (Å²) in [4.78, 5) is 24.6. The highest BCUT2D eigenvalue weighted by Gasteiger charge is 2.32. The number of carbonyl (C=O) groups excluding carboxylic acids is 2. The lowest BCUT2D eigenvalue weighted by Crippen LogP contribution is -2.45. The monoisotopic (exact) mass is 618 g/mol. The molecule has 0 aliphatic carbocycles. The SMILES string of the molecule is CCOc1cc([C@@H]2NC(=O)NC(C)=C2C(=O)OC)ccc1OC[C@@H](O)N/N=C\c1ccc(OCc2cccc(C)c2)c(OC)c1. The Morgan fingerprint density at radius 2 is 1.78 bits per heavy atom. The third-order valence-electron chi connectivity index (χ3n) is 6.77. The summed E-state index contributed by atoms with van der Waals surface area (Å²) in [5.41, 5.74) is 6.83. The molecule has 1 aliphatic heterocycles. The number of allylic oxidation sites excluding steroid dienone is 1. The van der Waals surface area contributed by atoms with Gasteiger partial charge in [0.1, 0.15) is 13.2 Å². The number of methoxy groups -OCH3 is 2. The zero-order valence-electron chi connectivity index (χ0n) is 25.9. The van der Waals surface area contributed by atoms with Crippen LogP contribution in [0.4, 0.5) is 4.79 Å². The van der Waals surface area contributed by atoms with E-state index < -0.39 is 24.3 Å². The molecule has 4 N–H and O–H groups in total. The van der Waals surface area contributed by atoms with Crippen LogP contribution in [0.2, 0.25) is 0 Å². The molecule has 4 rings (SSSR count). The van der Waals surface area contributed by atoms with Crippen LogP contribution in [0.15, 0.2) is 77.0 Å². The Morgan fingerprint density at radius 1 is 1.00 bits per heavy atom. The van der Waals surface area contributed by atoms with E-state index >= 15 is 0 Å². The lowest BCUT2D eigenvalue weighted by Gasteiger charge is -2.28. The Balaban J connectivity index is 1.36. The minimum absolute atomic E-state index is 0.150. The van der Waals surface area contributed by atoms with Crippen molar-refractivity contribution in [2.24, 2.45) is 5.10 Å². The van der Waals surface area contributed by atoms with Crippen molar-refractivity contribution in [3.8, 4) is 23.0 Å². The Morgan fingerprint density at radius 3 is 2.51 bits per heavy atom. The molecule has 0 bridgehead atoms. The Labute approximate surface area is 262 Å². The highest BCUT2D eigenvalue weighted by Crippen LogP contribution is 2.35. The van der Waals surface area contributed by atoms with E-state index in [2.05, 4.69) is 27.2 Å². The number of hydrogen-bond acceptors (Lipinski definition) is 10. The van der Waals surface area contributed by atoms with Gasteiger partial charge < -0.3 is 39.4 Å². The second-order valence-corrected chi connectivity index (χ2v) is 10.1. The van der Waals surface area contributed by atoms with E-state index in [0.717, 1.165) is 16.7 Å². The van der Waals surface area contributed by atoms with Crippen LogP contribution in [0.25, 0.3) is 0 Å². The summed E-state index contributed by atoms with van der Waals surface area (Å²) >= 11 is 0. The first-order valence-electron chi connectivity index (χ1n) is 14.3. The molecular weight excluding hydrogens is 580 g/mol. The number of amides is 2. The van der Waals surface area contributed by atoms with E-state index in [9.17, 15) is 14.7 Å². The van der Waals surface area contributed by atoms with Crippen LogP contribution >= 0.6 is 0 Å². The van der Waals surface area contributed by atoms with Gasteiger partial charge in [0, 0.05) is 5.70 Å². The number of nitrogens with zero attached hydrogens (tertiary/aromatic N) is 1. The zero-order valence-corrected chi connectivity index (χ0v) is 25.9. The van der Waals surface area contributed by atoms with Crippen molar-refractivity contribution in [3.05, 3.63) is 94.2 Å². The third kappa shape index (κ3) is 8.67. The lowest BCUT2D eigenvalue weighted by molar-refractivity contribution is -0.136. The van der Waals surface area contributed by atoms with E-state index in [0.29, 0.717) is 47.5 Å². The predicted molar refractivity (Wildman–Crippen MR) is 167 cm³/mol. The molecule has 3 aromatic rings. The molecule has 0 saturated carbocycles. The summed E-state index contributed by atoms with van der Waals surface area (Å²) < 4.78 is 27.9. The standard InChI is InChI=1S/C33H38N4O8/c1-6-43-28-16-24(31-30(32(39)42-5)21(3)35-33(40)36-31)11-13-26(28)45-19-29(38)37-34-17-22-10-12-25(27(15-22)41-4)44-18-23-9-7-8-20(2)14-23/h7-17,29,31,37-38H,6,18-19H2,1-5H3,(H2,35,36,40)/b34-17-/t29-,31+/m1/s1. The van der Waals surface area contributed by atoms with Crippen LogP contribution in [-0.2, 0) is 16.1 Å². The van der Waals surface area contributed by atoms with Gasteiger partial charge in [-0.25, -0.2) is 9.59 Å². The van der Waals surface area contributed by atoms with Gasteiger partial charge in [-0.15, -0.1) is 0 Å². The number of hydrazone groups is 1. The van der Waals surface area contributed by atoms with Gasteiger partial charge in [0.15, 0.2) is 29.2 Å². The summed E-state index contributed by atoms with van der Waals surface area (Å²) in [6.45, 7) is 6.07. The summed E-state index contributed by atoms with van der Waals surface area (Å²) in [5.74, 6) is 1.31. The highest BCUT2D eigenvalue weighted by molar-refractivity contribution is 5.95. The van der Waals surface area contributed by atoms with Crippen LogP contribution in [0.3, 0.4) is 0 Å². The lowest BCUT2D eigenvalue weighted by atomic mass is 9.95. The topological polar surface area (TPSA) is 149 Å². The quantitative estimate of drug-likeness (QED) is 0.0907. The number of aliphatic hydroxyl groups excluding tert-OH is 1. The fourth-order valence-electron chi connectivity index (χ4n) is 4.67. The van der Waals surface area contributed by atoms with Crippen molar-refractivity contribution in [3.63, 3.8) is 0 Å². The average Bonchev–Trinajstić information content (AvgIpc) is 3.03. The maximum Gasteiger partial charge on any atom is 0.337 e. The van der Waals surface area contributed by atoms with Crippen LogP contribution in [0.5, 0.6) is 23.0 Å². The number of benzene rings is 3. The summed E-state index contributed by atoms with van der Waals surface area (Å²) in [6, 6.07) is 17.3. The third-order valence-corrected chi connectivity index (χ3v) is 6.77. The van der Waals surface area contributed by atoms with Crippen molar-refractivity contribution in [1.29, 1.82) is 0 Å². The molecule has 2 amide bonds. The maximum absolute atomic E-state index is 12.4. The molecule has 2 atom stereocenters. The van der Waals surface area contributed by atoms with Crippen LogP contribution in [-0.4, -0.2) is 57.0 Å². The molecule has 0 fully saturated rings. The Hall–Kier alpha value is -5.23. The summed E-state index contributed by atoms with van der Waals surface area (Å²) in [6.07, 6.45) is 0.396. The fraction of sp³-hybridized carbons (Fsp3) is 0.303. The van der Waals surface area contributed by atoms with Gasteiger partial charge in [-0.3, -0.25) is 5.43 Å². The van der Waals surface area contributed by atoms with E-state index in [1.54, 1.807) is 44.4 Å². The number of aryl methyl sites for hydroxylation is 1. The van der Waals surface area contributed by atoms with Crippen LogP contribution in [0, 0.1) is 6.92 Å². The number of nitrogens with one attached hydrogen (secondary N) is 3. The van der Waals surface area contributed by atoms with Crippen molar-refractivity contribution >= 4 is 18.2 Å². The van der Waals surface area contributed by atoms with Gasteiger partial charge in [0.2, 0.25) is 0 Å². The van der Waals surface area contributed by atoms with Crippen molar-refractivity contribution < 1.29 is 38.4 Å². The predicted octanol–water partition coefficient (Wildman–Crippen LogP) is 4.10. The first-order chi connectivity index (χ1) is 21.7. The second kappa shape index (κ2) is 15.5. The number of ether oxygens (including phenoxy) is 5. The van der Waals surface area contributed by atoms with Crippen LogP contribution in [0.1, 0.15) is 42.1 Å². The van der Waals surface area contributed by atoms with Crippen molar-refractivity contribution in [2.45, 2.75) is 39.6 Å². The molecule has 12 nitrogen and oxygen atoms in total. The highest BCUT2D eigenvalue weighted by atomic mass is 16.5. The molecule has 12 heteroatoms. The molecular formula is C33H38N4O8. The molecule has 0 unspecified atom stereocenters. The van der Waals surface area contributed by atoms with Gasteiger partial charge in [-0.1, -0.05) is 35.9 Å². The van der Waals surface area contributed by atoms with Gasteiger partial charge in [0.25, 0.3) is 0 Å². The molecule has 0 radical (unpaired) electrons. The minimum Gasteiger partial charge on any atom is -0.493 e. The van der Waals surface area contributed by atoms with Crippen molar-refractivity contribution in [1.82, 2.24) is 16.1 Å². The molecule has 1 heterocycles. The first kappa shape index (κ1) is 32.7. The molecule has 45 heavy (non-hydrogen) atoms. The summed E-state index contributed by atoms with van der Waals surface area (Å²) in [5, 5.41) is 19.9. The van der Waals surface area contributed by atoms with E-state index in [-0.39, 0.29) is 12.2 Å². The normalized spacial score (nSPS) is 15.2. The van der Waals surface area contributed by atoms with Gasteiger partial charge in [0.05, 0.1) is 38.7 Å².